The maximum atomic E-state index is 12.8. The zero-order valence-corrected chi connectivity index (χ0v) is 19.9. The molecule has 9 heteroatoms. The lowest BCUT2D eigenvalue weighted by molar-refractivity contribution is 0.0534. The summed E-state index contributed by atoms with van der Waals surface area (Å²) in [5.41, 5.74) is 4.45. The molecular weight excluding hydrogens is 456 g/mol. The Kier molecular flexibility index (Phi) is 6.05. The van der Waals surface area contributed by atoms with Crippen LogP contribution in [0.4, 0.5) is 0 Å². The number of carbonyl (C=O) groups is 2. The number of rotatable bonds is 6. The summed E-state index contributed by atoms with van der Waals surface area (Å²) in [6.45, 7) is 5.84. The lowest BCUT2D eigenvalue weighted by atomic mass is 9.95. The molecule has 3 heterocycles. The average molecular weight is 485 g/mol. The van der Waals surface area contributed by atoms with Crippen molar-refractivity contribution in [1.29, 1.82) is 0 Å². The van der Waals surface area contributed by atoms with Gasteiger partial charge in [0.1, 0.15) is 6.61 Å². The summed E-state index contributed by atoms with van der Waals surface area (Å²) in [5, 5.41) is 10.8. The smallest absolute Gasteiger partial charge is 0.338 e. The number of sulfone groups is 1. The summed E-state index contributed by atoms with van der Waals surface area (Å²) in [4.78, 5) is 29.2. The molecule has 0 saturated carbocycles. The van der Waals surface area contributed by atoms with E-state index < -0.39 is 15.9 Å². The molecule has 1 atom stereocenters. The van der Waals surface area contributed by atoms with Crippen LogP contribution in [0.2, 0.25) is 0 Å². The van der Waals surface area contributed by atoms with Crippen molar-refractivity contribution in [1.82, 2.24) is 9.80 Å². The molecule has 2 aromatic rings. The van der Waals surface area contributed by atoms with E-state index in [0.29, 0.717) is 48.6 Å². The summed E-state index contributed by atoms with van der Waals surface area (Å²) in [6, 6.07) is 8.45. The second-order valence-electron chi connectivity index (χ2n) is 9.29. The predicted octanol–water partition coefficient (Wildman–Crippen LogP) is 1.53. The number of Topliss-reactive ketones (excluding diaryl/α,β-unsaturated/α-hetero) is 1. The Morgan fingerprint density at radius 1 is 1.12 bits per heavy atom. The van der Waals surface area contributed by atoms with Gasteiger partial charge in [0.15, 0.2) is 15.6 Å². The Morgan fingerprint density at radius 2 is 1.85 bits per heavy atom. The van der Waals surface area contributed by atoms with E-state index in [4.69, 9.17) is 4.74 Å². The molecule has 0 aromatic heterocycles. The first kappa shape index (κ1) is 23.2. The van der Waals surface area contributed by atoms with E-state index in [0.717, 1.165) is 35.3 Å². The molecule has 3 aliphatic heterocycles. The minimum Gasteiger partial charge on any atom is -0.457 e. The highest BCUT2D eigenvalue weighted by Crippen LogP contribution is 2.30. The summed E-state index contributed by atoms with van der Waals surface area (Å²) >= 11 is 0. The van der Waals surface area contributed by atoms with E-state index in [1.165, 1.54) is 0 Å². The van der Waals surface area contributed by atoms with Crippen molar-refractivity contribution in [3.05, 3.63) is 63.7 Å². The highest BCUT2D eigenvalue weighted by Gasteiger charge is 2.29. The average Bonchev–Trinajstić information content (AvgIpc) is 3.34. The molecular formula is C25H28N2O6S. The number of carbonyl (C=O) groups excluding carboxylic acids is 2. The van der Waals surface area contributed by atoms with Crippen molar-refractivity contribution >= 4 is 21.6 Å². The number of aliphatic hydroxyl groups excluding tert-OH is 1. The van der Waals surface area contributed by atoms with Crippen LogP contribution >= 0.6 is 0 Å². The van der Waals surface area contributed by atoms with Crippen LogP contribution in [0.25, 0.3) is 0 Å². The number of aliphatic hydroxyl groups is 1. The molecule has 1 saturated heterocycles. The summed E-state index contributed by atoms with van der Waals surface area (Å²) in [7, 11) is -3.19. The molecule has 180 valence electrons. The van der Waals surface area contributed by atoms with Gasteiger partial charge >= 0.3 is 5.97 Å². The van der Waals surface area contributed by atoms with E-state index in [1.807, 2.05) is 13.0 Å². The SMILES string of the molecule is Cc1c([C@@H](O)CN2CCN(CC(=O)c3ccc4c(c3)CCS4(=O)=O)CC2)ccc2c1COC2=O. The van der Waals surface area contributed by atoms with Crippen molar-refractivity contribution in [3.63, 3.8) is 0 Å². The lowest BCUT2D eigenvalue weighted by Gasteiger charge is -2.35. The monoisotopic (exact) mass is 484 g/mol. The fourth-order valence-electron chi connectivity index (χ4n) is 5.10. The second kappa shape index (κ2) is 8.88. The zero-order chi connectivity index (χ0) is 24.0. The van der Waals surface area contributed by atoms with Crippen molar-refractivity contribution in [2.24, 2.45) is 0 Å². The van der Waals surface area contributed by atoms with Crippen LogP contribution in [0.3, 0.4) is 0 Å². The fraction of sp³-hybridized carbons (Fsp3) is 0.440. The van der Waals surface area contributed by atoms with Crippen LogP contribution in [0.5, 0.6) is 0 Å². The van der Waals surface area contributed by atoms with Crippen LogP contribution < -0.4 is 0 Å². The highest BCUT2D eigenvalue weighted by molar-refractivity contribution is 7.91. The maximum absolute atomic E-state index is 12.8. The first-order valence-electron chi connectivity index (χ1n) is 11.5. The van der Waals surface area contributed by atoms with Gasteiger partial charge in [0, 0.05) is 43.9 Å². The van der Waals surface area contributed by atoms with Crippen LogP contribution in [-0.4, -0.2) is 80.1 Å². The molecule has 0 radical (unpaired) electrons. The number of aryl methyl sites for hydroxylation is 1. The molecule has 0 amide bonds. The minimum atomic E-state index is -3.19. The van der Waals surface area contributed by atoms with Crippen LogP contribution in [0.1, 0.15) is 49.1 Å². The van der Waals surface area contributed by atoms with E-state index >= 15 is 0 Å². The van der Waals surface area contributed by atoms with Crippen LogP contribution in [0, 0.1) is 6.92 Å². The van der Waals surface area contributed by atoms with Gasteiger partial charge in [0.05, 0.1) is 28.9 Å². The fourth-order valence-corrected chi connectivity index (χ4v) is 6.65. The number of ether oxygens (including phenoxy) is 1. The molecule has 3 aliphatic rings. The molecule has 0 bridgehead atoms. The molecule has 5 rings (SSSR count). The lowest BCUT2D eigenvalue weighted by Crippen LogP contribution is -2.48. The molecule has 34 heavy (non-hydrogen) atoms. The Hall–Kier alpha value is -2.59. The standard InChI is InChI=1S/C25H28N2O6S/c1-16-19(3-4-20-21(16)15-33-25(20)30)23(29)14-27-9-7-26(8-10-27)13-22(28)17-2-5-24-18(12-17)6-11-34(24,31)32/h2-5,12,23,29H,6-11,13-15H2,1H3/t23-/m0/s1. The molecule has 8 nitrogen and oxygen atoms in total. The van der Waals surface area contributed by atoms with E-state index in [2.05, 4.69) is 9.80 Å². The van der Waals surface area contributed by atoms with Gasteiger partial charge in [-0.05, 0) is 48.2 Å². The normalized spacial score (nSPS) is 20.6. The van der Waals surface area contributed by atoms with Gasteiger partial charge in [-0.1, -0.05) is 12.1 Å². The van der Waals surface area contributed by atoms with Gasteiger partial charge in [-0.25, -0.2) is 13.2 Å². The first-order chi connectivity index (χ1) is 16.2. The van der Waals surface area contributed by atoms with E-state index in [-0.39, 0.29) is 24.1 Å². The van der Waals surface area contributed by atoms with Crippen LogP contribution in [0.15, 0.2) is 35.2 Å². The molecule has 2 aromatic carbocycles. The van der Waals surface area contributed by atoms with Crippen molar-refractivity contribution < 1.29 is 27.9 Å². The summed E-state index contributed by atoms with van der Waals surface area (Å²) in [5.74, 6) is -0.203. The summed E-state index contributed by atoms with van der Waals surface area (Å²) < 4.78 is 29.1. The van der Waals surface area contributed by atoms with Gasteiger partial charge in [0.2, 0.25) is 0 Å². The predicted molar refractivity (Wildman–Crippen MR) is 125 cm³/mol. The van der Waals surface area contributed by atoms with Gasteiger partial charge in [0.25, 0.3) is 0 Å². The summed E-state index contributed by atoms with van der Waals surface area (Å²) in [6.07, 6.45) is -0.204. The molecule has 1 N–H and O–H groups in total. The first-order valence-corrected chi connectivity index (χ1v) is 13.2. The molecule has 1 fully saturated rings. The number of nitrogens with zero attached hydrogens (tertiary/aromatic N) is 2. The van der Waals surface area contributed by atoms with Gasteiger partial charge < -0.3 is 9.84 Å². The van der Waals surface area contributed by atoms with Crippen LogP contribution in [-0.2, 0) is 27.6 Å². The van der Waals surface area contributed by atoms with E-state index in [1.54, 1.807) is 24.3 Å². The Labute approximate surface area is 199 Å². The number of benzene rings is 2. The third-order valence-electron chi connectivity index (χ3n) is 7.19. The number of hydrogen-bond acceptors (Lipinski definition) is 8. The minimum absolute atomic E-state index is 0.00823. The van der Waals surface area contributed by atoms with Crippen molar-refractivity contribution in [3.8, 4) is 0 Å². The third-order valence-corrected chi connectivity index (χ3v) is 9.00. The number of ketones is 1. The number of piperazine rings is 1. The topological polar surface area (TPSA) is 104 Å². The highest BCUT2D eigenvalue weighted by atomic mass is 32.2. The van der Waals surface area contributed by atoms with Gasteiger partial charge in [-0.3, -0.25) is 14.6 Å². The number of β-amino-alcohol motifs (C(OH)–C–C–N with tert-alkyl or cyclic N) is 1. The Morgan fingerprint density at radius 3 is 2.62 bits per heavy atom. The van der Waals surface area contributed by atoms with E-state index in [9.17, 15) is 23.1 Å². The third kappa shape index (κ3) is 4.29. The number of cyclic esters (lactones) is 1. The molecule has 0 unspecified atom stereocenters. The second-order valence-corrected chi connectivity index (χ2v) is 11.4. The van der Waals surface area contributed by atoms with Crippen molar-refractivity contribution in [2.45, 2.75) is 31.0 Å². The Balaban J connectivity index is 1.15. The van der Waals surface area contributed by atoms with Crippen molar-refractivity contribution in [2.75, 3.05) is 45.0 Å². The quantitative estimate of drug-likeness (QED) is 0.486. The number of hydrogen-bond donors (Lipinski definition) is 1. The van der Waals surface area contributed by atoms with Gasteiger partial charge in [-0.2, -0.15) is 0 Å². The van der Waals surface area contributed by atoms with Gasteiger partial charge in [-0.15, -0.1) is 0 Å². The number of esters is 1. The molecule has 0 aliphatic carbocycles. The Bertz CT molecular complexity index is 1260. The number of fused-ring (bicyclic) bond motifs is 2. The largest absolute Gasteiger partial charge is 0.457 e. The zero-order valence-electron chi connectivity index (χ0n) is 19.1. The maximum Gasteiger partial charge on any atom is 0.338 e. The molecule has 0 spiro atoms.